The van der Waals surface area contributed by atoms with E-state index in [1.807, 2.05) is 36.6 Å². The molecule has 0 spiro atoms. The summed E-state index contributed by atoms with van der Waals surface area (Å²) < 4.78 is 1.17. The van der Waals surface area contributed by atoms with Gasteiger partial charge in [-0.25, -0.2) is 9.67 Å². The summed E-state index contributed by atoms with van der Waals surface area (Å²) in [5, 5.41) is 9.36. The summed E-state index contributed by atoms with van der Waals surface area (Å²) in [6, 6.07) is 11.1. The molecular formula is C18H18N4O2S. The number of hydrogen-bond acceptors (Lipinski definition) is 5. The maximum Gasteiger partial charge on any atom is 0.267 e. The van der Waals surface area contributed by atoms with Crippen molar-refractivity contribution >= 4 is 22.4 Å². The fourth-order valence-electron chi connectivity index (χ4n) is 2.33. The van der Waals surface area contributed by atoms with Crippen molar-refractivity contribution in [2.24, 2.45) is 0 Å². The Morgan fingerprint density at radius 3 is 2.60 bits per heavy atom. The first-order valence-corrected chi connectivity index (χ1v) is 8.82. The van der Waals surface area contributed by atoms with Gasteiger partial charge < -0.3 is 5.32 Å². The molecule has 25 heavy (non-hydrogen) atoms. The second-order valence-corrected chi connectivity index (χ2v) is 6.47. The maximum absolute atomic E-state index is 12.1. The van der Waals surface area contributed by atoms with Crippen LogP contribution < -0.4 is 10.9 Å². The van der Waals surface area contributed by atoms with Crippen LogP contribution >= 0.6 is 11.3 Å². The van der Waals surface area contributed by atoms with Gasteiger partial charge in [0.05, 0.1) is 11.4 Å². The van der Waals surface area contributed by atoms with E-state index in [1.165, 1.54) is 27.6 Å². The zero-order valence-corrected chi connectivity index (χ0v) is 14.8. The topological polar surface area (TPSA) is 76.9 Å². The number of hydrogen-bond donors (Lipinski definition) is 1. The van der Waals surface area contributed by atoms with E-state index in [4.69, 9.17) is 0 Å². The number of thiazole rings is 1. The minimum absolute atomic E-state index is 0.154. The van der Waals surface area contributed by atoms with Gasteiger partial charge in [0.1, 0.15) is 6.54 Å². The van der Waals surface area contributed by atoms with Crippen molar-refractivity contribution in [2.75, 3.05) is 5.32 Å². The predicted molar refractivity (Wildman–Crippen MR) is 98.8 cm³/mol. The highest BCUT2D eigenvalue weighted by Gasteiger charge is 2.10. The SMILES string of the molecule is CCc1ccc(-c2ccc(=O)n(CC(=O)Nc3nc(C)cs3)n2)cc1. The van der Waals surface area contributed by atoms with Crippen LogP contribution in [-0.2, 0) is 17.8 Å². The molecule has 2 heterocycles. The van der Waals surface area contributed by atoms with Crippen LogP contribution in [0.4, 0.5) is 5.13 Å². The van der Waals surface area contributed by atoms with Crippen molar-refractivity contribution in [1.29, 1.82) is 0 Å². The first-order valence-electron chi connectivity index (χ1n) is 7.94. The number of carbonyl (C=O) groups excluding carboxylic acids is 1. The molecule has 0 saturated carbocycles. The molecule has 3 aromatic rings. The minimum atomic E-state index is -0.331. The van der Waals surface area contributed by atoms with Crippen molar-refractivity contribution < 1.29 is 4.79 Å². The van der Waals surface area contributed by atoms with Gasteiger partial charge in [-0.1, -0.05) is 31.2 Å². The molecule has 7 heteroatoms. The third-order valence-corrected chi connectivity index (χ3v) is 4.56. The highest BCUT2D eigenvalue weighted by Crippen LogP contribution is 2.17. The molecule has 1 aromatic carbocycles. The summed E-state index contributed by atoms with van der Waals surface area (Å²) >= 11 is 1.35. The van der Waals surface area contributed by atoms with Crippen molar-refractivity contribution in [3.05, 3.63) is 63.4 Å². The fraction of sp³-hybridized carbons (Fsp3) is 0.222. The summed E-state index contributed by atoms with van der Waals surface area (Å²) in [5.41, 5.74) is 3.31. The number of rotatable bonds is 5. The van der Waals surface area contributed by atoms with Crippen LogP contribution in [0.2, 0.25) is 0 Å². The second kappa shape index (κ2) is 7.40. The van der Waals surface area contributed by atoms with Crippen molar-refractivity contribution in [3.8, 4) is 11.3 Å². The van der Waals surface area contributed by atoms with E-state index in [1.54, 1.807) is 6.07 Å². The first kappa shape index (κ1) is 17.0. The Hall–Kier alpha value is -2.80. The van der Waals surface area contributed by atoms with Crippen molar-refractivity contribution in [1.82, 2.24) is 14.8 Å². The molecule has 1 N–H and O–H groups in total. The molecular weight excluding hydrogens is 336 g/mol. The summed E-state index contributed by atoms with van der Waals surface area (Å²) in [6.07, 6.45) is 0.962. The molecule has 0 aliphatic heterocycles. The first-order chi connectivity index (χ1) is 12.0. The lowest BCUT2D eigenvalue weighted by atomic mass is 10.1. The quantitative estimate of drug-likeness (QED) is 0.764. The summed E-state index contributed by atoms with van der Waals surface area (Å²) in [7, 11) is 0. The van der Waals surface area contributed by atoms with E-state index >= 15 is 0 Å². The van der Waals surface area contributed by atoms with Crippen LogP contribution in [-0.4, -0.2) is 20.7 Å². The lowest BCUT2D eigenvalue weighted by molar-refractivity contribution is -0.117. The minimum Gasteiger partial charge on any atom is -0.300 e. The molecule has 6 nitrogen and oxygen atoms in total. The second-order valence-electron chi connectivity index (χ2n) is 5.61. The Kier molecular flexibility index (Phi) is 5.04. The average Bonchev–Trinajstić information content (AvgIpc) is 3.01. The van der Waals surface area contributed by atoms with E-state index in [9.17, 15) is 9.59 Å². The number of nitrogens with one attached hydrogen (secondary N) is 1. The molecule has 1 amide bonds. The number of amides is 1. The molecule has 2 aromatic heterocycles. The van der Waals surface area contributed by atoms with Gasteiger partial charge in [0.25, 0.3) is 5.56 Å². The third-order valence-electron chi connectivity index (χ3n) is 3.68. The summed E-state index contributed by atoms with van der Waals surface area (Å²) in [5.74, 6) is -0.331. The normalized spacial score (nSPS) is 10.6. The van der Waals surface area contributed by atoms with Gasteiger partial charge >= 0.3 is 0 Å². The van der Waals surface area contributed by atoms with Crippen LogP contribution in [0.1, 0.15) is 18.2 Å². The smallest absolute Gasteiger partial charge is 0.267 e. The third kappa shape index (κ3) is 4.19. The van der Waals surface area contributed by atoms with E-state index in [0.717, 1.165) is 17.7 Å². The molecule has 0 bridgehead atoms. The van der Waals surface area contributed by atoms with Crippen molar-refractivity contribution in [2.45, 2.75) is 26.8 Å². The molecule has 0 saturated heterocycles. The zero-order chi connectivity index (χ0) is 17.8. The zero-order valence-electron chi connectivity index (χ0n) is 14.0. The summed E-state index contributed by atoms with van der Waals surface area (Å²) in [4.78, 5) is 28.3. The largest absolute Gasteiger partial charge is 0.300 e. The van der Waals surface area contributed by atoms with Gasteiger partial charge in [-0.05, 0) is 25.0 Å². The number of benzene rings is 1. The standard InChI is InChI=1S/C18H18N4O2S/c1-3-13-4-6-14(7-5-13)15-8-9-17(24)22(21-15)10-16(23)20-18-19-12(2)11-25-18/h4-9,11H,3,10H2,1-2H3,(H,19,20,23). The number of aromatic nitrogens is 3. The molecule has 0 aliphatic rings. The predicted octanol–water partition coefficient (Wildman–Crippen LogP) is 2.88. The Morgan fingerprint density at radius 2 is 1.96 bits per heavy atom. The van der Waals surface area contributed by atoms with E-state index < -0.39 is 0 Å². The van der Waals surface area contributed by atoms with Crippen molar-refractivity contribution in [3.63, 3.8) is 0 Å². The Bertz CT molecular complexity index is 944. The molecule has 0 fully saturated rings. The van der Waals surface area contributed by atoms with E-state index in [0.29, 0.717) is 10.8 Å². The maximum atomic E-state index is 12.1. The van der Waals surface area contributed by atoms with Crippen LogP contribution in [0.25, 0.3) is 11.3 Å². The molecule has 0 atom stereocenters. The van der Waals surface area contributed by atoms with E-state index in [-0.39, 0.29) is 18.0 Å². The molecule has 128 valence electrons. The van der Waals surface area contributed by atoms with Crippen LogP contribution in [0.3, 0.4) is 0 Å². The lowest BCUT2D eigenvalue weighted by Gasteiger charge is -2.07. The summed E-state index contributed by atoms with van der Waals surface area (Å²) in [6.45, 7) is 3.79. The van der Waals surface area contributed by atoms with Gasteiger partial charge in [0, 0.05) is 17.0 Å². The lowest BCUT2D eigenvalue weighted by Crippen LogP contribution is -2.29. The molecule has 0 aliphatic carbocycles. The molecule has 0 radical (unpaired) electrons. The number of carbonyl (C=O) groups is 1. The Balaban J connectivity index is 1.79. The van der Waals surface area contributed by atoms with Gasteiger partial charge in [0.15, 0.2) is 5.13 Å². The van der Waals surface area contributed by atoms with E-state index in [2.05, 4.69) is 22.3 Å². The van der Waals surface area contributed by atoms with Gasteiger partial charge in [-0.3, -0.25) is 9.59 Å². The van der Waals surface area contributed by atoms with Crippen LogP contribution in [0.15, 0.2) is 46.6 Å². The average molecular weight is 354 g/mol. The van der Waals surface area contributed by atoms with Crippen LogP contribution in [0, 0.1) is 6.92 Å². The molecule has 3 rings (SSSR count). The number of anilines is 1. The fourth-order valence-corrected chi connectivity index (χ4v) is 3.04. The van der Waals surface area contributed by atoms with Gasteiger partial charge in [0.2, 0.25) is 5.91 Å². The monoisotopic (exact) mass is 354 g/mol. The number of aryl methyl sites for hydroxylation is 2. The highest BCUT2D eigenvalue weighted by atomic mass is 32.1. The van der Waals surface area contributed by atoms with Gasteiger partial charge in [-0.2, -0.15) is 5.10 Å². The van der Waals surface area contributed by atoms with Gasteiger partial charge in [-0.15, -0.1) is 11.3 Å². The number of nitrogens with zero attached hydrogens (tertiary/aromatic N) is 3. The highest BCUT2D eigenvalue weighted by molar-refractivity contribution is 7.13. The van der Waals surface area contributed by atoms with Crippen LogP contribution in [0.5, 0.6) is 0 Å². The molecule has 0 unspecified atom stereocenters. The Morgan fingerprint density at radius 1 is 1.20 bits per heavy atom. The Labute approximate surface area is 149 Å².